The molecule has 1 aromatic carbocycles. The number of nitrogens with one attached hydrogen (secondary N) is 3. The summed E-state index contributed by atoms with van der Waals surface area (Å²) in [5, 5.41) is 25.5. The molecule has 0 saturated heterocycles. The van der Waals surface area contributed by atoms with Crippen molar-refractivity contribution in [1.29, 1.82) is 0 Å². The highest BCUT2D eigenvalue weighted by atomic mass is 16.4. The van der Waals surface area contributed by atoms with Gasteiger partial charge < -0.3 is 37.6 Å². The fourth-order valence-electron chi connectivity index (χ4n) is 3.08. The van der Waals surface area contributed by atoms with Gasteiger partial charge in [0.15, 0.2) is 0 Å². The fraction of sp³-hybridized carbons (Fsp3) is 0.500. The zero-order valence-corrected chi connectivity index (χ0v) is 19.2. The Morgan fingerprint density at radius 2 is 1.53 bits per heavy atom. The van der Waals surface area contributed by atoms with Crippen molar-refractivity contribution in [2.24, 2.45) is 17.4 Å². The Labute approximate surface area is 197 Å². The second kappa shape index (κ2) is 13.8. The number of amides is 4. The van der Waals surface area contributed by atoms with Crippen LogP contribution in [0.1, 0.15) is 38.7 Å². The largest absolute Gasteiger partial charge is 0.508 e. The van der Waals surface area contributed by atoms with Gasteiger partial charge in [-0.25, -0.2) is 0 Å². The maximum atomic E-state index is 13.0. The van der Waals surface area contributed by atoms with Crippen LogP contribution in [0.4, 0.5) is 0 Å². The summed E-state index contributed by atoms with van der Waals surface area (Å²) in [4.78, 5) is 60.1. The molecule has 4 amide bonds. The number of phenolic OH excluding ortho intramolecular Hbond substituents is 1. The third kappa shape index (κ3) is 10.8. The molecule has 0 bridgehead atoms. The van der Waals surface area contributed by atoms with Crippen LogP contribution in [0.5, 0.6) is 5.75 Å². The van der Waals surface area contributed by atoms with Gasteiger partial charge in [-0.2, -0.15) is 0 Å². The molecule has 0 aliphatic heterocycles. The predicted octanol–water partition coefficient (Wildman–Crippen LogP) is -1.26. The van der Waals surface area contributed by atoms with Crippen LogP contribution in [0.25, 0.3) is 0 Å². The Balaban J connectivity index is 3.04. The molecule has 3 atom stereocenters. The zero-order valence-electron chi connectivity index (χ0n) is 19.2. The van der Waals surface area contributed by atoms with Crippen molar-refractivity contribution in [1.82, 2.24) is 16.0 Å². The van der Waals surface area contributed by atoms with Gasteiger partial charge >= 0.3 is 5.97 Å². The maximum Gasteiger partial charge on any atom is 0.322 e. The van der Waals surface area contributed by atoms with Crippen LogP contribution in [0.3, 0.4) is 0 Å². The number of carboxylic acids is 1. The first-order valence-electron chi connectivity index (χ1n) is 10.8. The molecule has 1 rings (SSSR count). The lowest BCUT2D eigenvalue weighted by atomic mass is 10.0. The Morgan fingerprint density at radius 1 is 0.941 bits per heavy atom. The molecule has 0 fully saturated rings. The lowest BCUT2D eigenvalue weighted by Gasteiger charge is -2.24. The second-order valence-corrected chi connectivity index (χ2v) is 8.35. The molecule has 34 heavy (non-hydrogen) atoms. The van der Waals surface area contributed by atoms with E-state index in [-0.39, 0.29) is 30.9 Å². The van der Waals surface area contributed by atoms with Gasteiger partial charge in [0, 0.05) is 12.8 Å². The Bertz CT molecular complexity index is 873. The average molecular weight is 480 g/mol. The molecule has 12 nitrogen and oxygen atoms in total. The summed E-state index contributed by atoms with van der Waals surface area (Å²) in [5.41, 5.74) is 11.6. The highest BCUT2D eigenvalue weighted by molar-refractivity contribution is 5.94. The molecular weight excluding hydrogens is 446 g/mol. The molecule has 0 radical (unpaired) electrons. The zero-order chi connectivity index (χ0) is 25.8. The molecule has 0 heterocycles. The summed E-state index contributed by atoms with van der Waals surface area (Å²) in [6.45, 7) is 3.11. The minimum Gasteiger partial charge on any atom is -0.508 e. The van der Waals surface area contributed by atoms with Gasteiger partial charge in [-0.1, -0.05) is 26.0 Å². The molecule has 0 spiro atoms. The SMILES string of the molecule is CC(C)CC(N)C(=O)NC(CCC(N)=O)C(=O)NC(Cc1ccc(O)cc1)C(=O)NCC(=O)O. The summed E-state index contributed by atoms with van der Waals surface area (Å²) in [6, 6.07) is 2.59. The number of aromatic hydroxyl groups is 1. The number of carbonyl (C=O) groups excluding carboxylic acids is 4. The molecule has 9 N–H and O–H groups in total. The summed E-state index contributed by atoms with van der Waals surface area (Å²) < 4.78 is 0. The van der Waals surface area contributed by atoms with E-state index in [9.17, 15) is 29.1 Å². The van der Waals surface area contributed by atoms with E-state index in [1.807, 2.05) is 13.8 Å². The van der Waals surface area contributed by atoms with Crippen LogP contribution in [0.2, 0.25) is 0 Å². The number of hydrogen-bond acceptors (Lipinski definition) is 7. The van der Waals surface area contributed by atoms with E-state index < -0.39 is 54.3 Å². The Hall–Kier alpha value is -3.67. The molecule has 1 aromatic rings. The van der Waals surface area contributed by atoms with Crippen LogP contribution in [-0.4, -0.2) is 64.5 Å². The van der Waals surface area contributed by atoms with Crippen molar-refractivity contribution in [3.05, 3.63) is 29.8 Å². The highest BCUT2D eigenvalue weighted by Gasteiger charge is 2.29. The number of nitrogens with two attached hydrogens (primary N) is 2. The van der Waals surface area contributed by atoms with Gasteiger partial charge in [0.25, 0.3) is 0 Å². The first-order valence-corrected chi connectivity index (χ1v) is 10.8. The number of hydrogen-bond donors (Lipinski definition) is 7. The molecule has 3 unspecified atom stereocenters. The van der Waals surface area contributed by atoms with Crippen LogP contribution >= 0.6 is 0 Å². The van der Waals surface area contributed by atoms with Crippen LogP contribution in [0.15, 0.2) is 24.3 Å². The van der Waals surface area contributed by atoms with Gasteiger partial charge in [-0.15, -0.1) is 0 Å². The average Bonchev–Trinajstić information content (AvgIpc) is 2.74. The molecule has 188 valence electrons. The standard InChI is InChI=1S/C22H33N5O7/c1-12(2)9-15(23)20(32)26-16(7-8-18(24)29)22(34)27-17(21(33)25-11-19(30)31)10-13-3-5-14(28)6-4-13/h3-6,12,15-17,28H,7-11,23H2,1-2H3,(H2,24,29)(H,25,33)(H,26,32)(H,27,34)(H,30,31). The normalized spacial score (nSPS) is 13.4. The molecule has 0 aromatic heterocycles. The van der Waals surface area contributed by atoms with E-state index in [4.69, 9.17) is 16.6 Å². The van der Waals surface area contributed by atoms with Gasteiger partial charge in [0.1, 0.15) is 24.4 Å². The minimum absolute atomic E-state index is 0.00614. The number of phenols is 1. The summed E-state index contributed by atoms with van der Waals surface area (Å²) in [5.74, 6) is -3.94. The van der Waals surface area contributed by atoms with Crippen molar-refractivity contribution in [3.8, 4) is 5.75 Å². The third-order valence-electron chi connectivity index (χ3n) is 4.80. The quantitative estimate of drug-likeness (QED) is 0.171. The maximum absolute atomic E-state index is 13.0. The number of primary amides is 1. The highest BCUT2D eigenvalue weighted by Crippen LogP contribution is 2.12. The van der Waals surface area contributed by atoms with Gasteiger partial charge in [0.2, 0.25) is 23.6 Å². The first-order chi connectivity index (χ1) is 15.9. The smallest absolute Gasteiger partial charge is 0.322 e. The van der Waals surface area contributed by atoms with Crippen molar-refractivity contribution in [3.63, 3.8) is 0 Å². The summed E-state index contributed by atoms with van der Waals surface area (Å²) >= 11 is 0. The Morgan fingerprint density at radius 3 is 2.06 bits per heavy atom. The topological polar surface area (TPSA) is 214 Å². The van der Waals surface area contributed by atoms with E-state index >= 15 is 0 Å². The molecular formula is C22H33N5O7. The van der Waals surface area contributed by atoms with E-state index in [0.717, 1.165) is 0 Å². The van der Waals surface area contributed by atoms with Crippen LogP contribution in [-0.2, 0) is 30.4 Å². The van der Waals surface area contributed by atoms with E-state index in [1.165, 1.54) is 24.3 Å². The number of carbonyl (C=O) groups is 5. The van der Waals surface area contributed by atoms with Gasteiger partial charge in [-0.3, -0.25) is 24.0 Å². The molecule has 12 heteroatoms. The van der Waals surface area contributed by atoms with Crippen LogP contribution < -0.4 is 27.4 Å². The van der Waals surface area contributed by atoms with Crippen LogP contribution in [0, 0.1) is 5.92 Å². The number of aliphatic carboxylic acids is 1. The number of rotatable bonds is 14. The van der Waals surface area contributed by atoms with Crippen molar-refractivity contribution < 1.29 is 34.2 Å². The van der Waals surface area contributed by atoms with Crippen molar-refractivity contribution in [2.45, 2.75) is 57.7 Å². The molecule has 0 aliphatic rings. The molecule has 0 aliphatic carbocycles. The monoisotopic (exact) mass is 479 g/mol. The second-order valence-electron chi connectivity index (χ2n) is 8.35. The number of benzene rings is 1. The van der Waals surface area contributed by atoms with E-state index in [2.05, 4.69) is 16.0 Å². The third-order valence-corrected chi connectivity index (χ3v) is 4.80. The van der Waals surface area contributed by atoms with Gasteiger partial charge in [-0.05, 0) is 36.5 Å². The predicted molar refractivity (Wildman–Crippen MR) is 122 cm³/mol. The molecule has 0 saturated carbocycles. The van der Waals surface area contributed by atoms with E-state index in [1.54, 1.807) is 0 Å². The van der Waals surface area contributed by atoms with Gasteiger partial charge in [0.05, 0.1) is 6.04 Å². The summed E-state index contributed by atoms with van der Waals surface area (Å²) in [7, 11) is 0. The van der Waals surface area contributed by atoms with Crippen molar-refractivity contribution in [2.75, 3.05) is 6.54 Å². The fourth-order valence-corrected chi connectivity index (χ4v) is 3.08. The number of carboxylic acid groups (broad SMARTS) is 1. The van der Waals surface area contributed by atoms with E-state index in [0.29, 0.717) is 12.0 Å². The lowest BCUT2D eigenvalue weighted by Crippen LogP contribution is -2.56. The minimum atomic E-state index is -1.27. The van der Waals surface area contributed by atoms with Crippen molar-refractivity contribution >= 4 is 29.6 Å². The lowest BCUT2D eigenvalue weighted by molar-refractivity contribution is -0.138. The Kier molecular flexibility index (Phi) is 11.5. The summed E-state index contributed by atoms with van der Waals surface area (Å²) in [6.07, 6.45) is 0.0213. The first kappa shape index (κ1) is 28.4.